The van der Waals surface area contributed by atoms with Crippen molar-refractivity contribution in [1.29, 1.82) is 0 Å². The van der Waals surface area contributed by atoms with Crippen LogP contribution >= 0.6 is 0 Å². The summed E-state index contributed by atoms with van der Waals surface area (Å²) in [5, 5.41) is 8.75. The van der Waals surface area contributed by atoms with Gasteiger partial charge in [0.1, 0.15) is 10.7 Å². The van der Waals surface area contributed by atoms with Gasteiger partial charge in [-0.05, 0) is 29.8 Å². The topological polar surface area (TPSA) is 71.4 Å². The van der Waals surface area contributed by atoms with E-state index >= 15 is 0 Å². The van der Waals surface area contributed by atoms with Gasteiger partial charge < -0.3 is 5.11 Å². The van der Waals surface area contributed by atoms with Crippen LogP contribution in [0.3, 0.4) is 0 Å². The number of carboxylic acids is 1. The van der Waals surface area contributed by atoms with Crippen molar-refractivity contribution in [2.24, 2.45) is 0 Å². The molecule has 2 aromatic rings. The van der Waals surface area contributed by atoms with Gasteiger partial charge in [-0.15, -0.1) is 0 Å². The molecule has 4 nitrogen and oxygen atoms in total. The van der Waals surface area contributed by atoms with Gasteiger partial charge in [0.2, 0.25) is 0 Å². The van der Waals surface area contributed by atoms with Crippen LogP contribution in [0.4, 0.5) is 4.39 Å². The van der Waals surface area contributed by atoms with Gasteiger partial charge in [-0.25, -0.2) is 17.6 Å². The van der Waals surface area contributed by atoms with Crippen molar-refractivity contribution in [2.45, 2.75) is 10.6 Å². The first kappa shape index (κ1) is 14.2. The van der Waals surface area contributed by atoms with Gasteiger partial charge in [-0.2, -0.15) is 0 Å². The average molecular weight is 294 g/mol. The quantitative estimate of drug-likeness (QED) is 0.940. The molecular weight excluding hydrogens is 283 g/mol. The third-order valence-corrected chi connectivity index (χ3v) is 4.44. The summed E-state index contributed by atoms with van der Waals surface area (Å²) in [5.41, 5.74) is 0.468. The summed E-state index contributed by atoms with van der Waals surface area (Å²) in [7, 11) is -3.80. The van der Waals surface area contributed by atoms with Gasteiger partial charge in [0, 0.05) is 0 Å². The summed E-state index contributed by atoms with van der Waals surface area (Å²) < 4.78 is 37.7. The van der Waals surface area contributed by atoms with Crippen LogP contribution in [0.25, 0.3) is 0 Å². The highest BCUT2D eigenvalue weighted by Gasteiger charge is 2.19. The number of halogens is 1. The first-order valence-electron chi connectivity index (χ1n) is 5.70. The van der Waals surface area contributed by atoms with Gasteiger partial charge in [0.25, 0.3) is 0 Å². The van der Waals surface area contributed by atoms with Crippen molar-refractivity contribution >= 4 is 15.8 Å². The van der Waals surface area contributed by atoms with Crippen molar-refractivity contribution in [3.63, 3.8) is 0 Å². The maximum atomic E-state index is 13.5. The Morgan fingerprint density at radius 1 is 1.05 bits per heavy atom. The predicted octanol–water partition coefficient (Wildman–Crippen LogP) is 2.50. The number of carboxylic acid groups (broad SMARTS) is 1. The molecular formula is C14H11FO4S. The summed E-state index contributed by atoms with van der Waals surface area (Å²) in [6.45, 7) is 0. The van der Waals surface area contributed by atoms with Crippen LogP contribution in [0.1, 0.15) is 15.9 Å². The van der Waals surface area contributed by atoms with Crippen LogP contribution in [0.15, 0.2) is 53.4 Å². The minimum absolute atomic E-state index is 0.0667. The zero-order valence-corrected chi connectivity index (χ0v) is 11.1. The highest BCUT2D eigenvalue weighted by molar-refractivity contribution is 7.90. The fourth-order valence-electron chi connectivity index (χ4n) is 1.74. The van der Waals surface area contributed by atoms with Crippen LogP contribution < -0.4 is 0 Å². The third-order valence-electron chi connectivity index (χ3n) is 2.73. The van der Waals surface area contributed by atoms with Crippen molar-refractivity contribution < 1.29 is 22.7 Å². The molecule has 0 aromatic heterocycles. The van der Waals surface area contributed by atoms with E-state index in [0.717, 1.165) is 6.07 Å². The van der Waals surface area contributed by atoms with Crippen LogP contribution in [0.5, 0.6) is 0 Å². The fourth-order valence-corrected chi connectivity index (χ4v) is 3.18. The molecule has 0 fully saturated rings. The summed E-state index contributed by atoms with van der Waals surface area (Å²) in [5.74, 6) is -2.27. The smallest absolute Gasteiger partial charge is 0.335 e. The van der Waals surface area contributed by atoms with E-state index in [0.29, 0.717) is 5.56 Å². The molecule has 6 heteroatoms. The minimum Gasteiger partial charge on any atom is -0.478 e. The Balaban J connectivity index is 2.29. The number of rotatable bonds is 4. The molecule has 104 valence electrons. The van der Waals surface area contributed by atoms with Crippen LogP contribution in [0, 0.1) is 5.82 Å². The molecule has 0 bridgehead atoms. The number of hydrogen-bond donors (Lipinski definition) is 1. The minimum atomic E-state index is -3.80. The second-order valence-corrected chi connectivity index (χ2v) is 6.15. The standard InChI is InChI=1S/C14H11FO4S/c15-12-3-1-2-4-13(12)20(18,19)9-10-5-7-11(8-6-10)14(16)17/h1-8H,9H2,(H,16,17). The largest absolute Gasteiger partial charge is 0.478 e. The molecule has 0 saturated heterocycles. The van der Waals surface area contributed by atoms with E-state index in [1.165, 1.54) is 42.5 Å². The molecule has 0 atom stereocenters. The monoisotopic (exact) mass is 294 g/mol. The Bertz CT molecular complexity index is 736. The van der Waals surface area contributed by atoms with Crippen LogP contribution in [-0.4, -0.2) is 19.5 Å². The summed E-state index contributed by atoms with van der Waals surface area (Å²) >= 11 is 0. The second-order valence-electron chi connectivity index (χ2n) is 4.19. The van der Waals surface area contributed by atoms with Crippen molar-refractivity contribution in [3.8, 4) is 0 Å². The lowest BCUT2D eigenvalue weighted by Crippen LogP contribution is -2.07. The lowest BCUT2D eigenvalue weighted by Gasteiger charge is -2.06. The van der Waals surface area contributed by atoms with Gasteiger partial charge in [0.15, 0.2) is 9.84 Å². The molecule has 0 heterocycles. The van der Waals surface area contributed by atoms with E-state index in [2.05, 4.69) is 0 Å². The van der Waals surface area contributed by atoms with E-state index in [1.54, 1.807) is 0 Å². The van der Waals surface area contributed by atoms with Crippen molar-refractivity contribution in [1.82, 2.24) is 0 Å². The van der Waals surface area contributed by atoms with Gasteiger partial charge >= 0.3 is 5.97 Å². The summed E-state index contributed by atoms with van der Waals surface area (Å²) in [4.78, 5) is 10.3. The van der Waals surface area contributed by atoms with E-state index < -0.39 is 21.6 Å². The molecule has 2 aromatic carbocycles. The zero-order chi connectivity index (χ0) is 14.8. The van der Waals surface area contributed by atoms with Gasteiger partial charge in [-0.3, -0.25) is 0 Å². The number of benzene rings is 2. The molecule has 1 N–H and O–H groups in total. The van der Waals surface area contributed by atoms with Gasteiger partial charge in [0.05, 0.1) is 11.3 Å². The molecule has 0 aliphatic rings. The Morgan fingerprint density at radius 3 is 2.20 bits per heavy atom. The predicted molar refractivity (Wildman–Crippen MR) is 70.7 cm³/mol. The highest BCUT2D eigenvalue weighted by atomic mass is 32.2. The van der Waals surface area contributed by atoms with E-state index in [-0.39, 0.29) is 16.2 Å². The summed E-state index contributed by atoms with van der Waals surface area (Å²) in [6, 6.07) is 10.6. The van der Waals surface area contributed by atoms with E-state index in [9.17, 15) is 17.6 Å². The van der Waals surface area contributed by atoms with Crippen molar-refractivity contribution in [3.05, 3.63) is 65.5 Å². The average Bonchev–Trinajstić information content (AvgIpc) is 2.39. The van der Waals surface area contributed by atoms with E-state index in [1.807, 2.05) is 0 Å². The molecule has 0 aliphatic heterocycles. The Morgan fingerprint density at radius 2 is 1.65 bits per heavy atom. The number of carbonyl (C=O) groups is 1. The fraction of sp³-hybridized carbons (Fsp3) is 0.0714. The SMILES string of the molecule is O=C(O)c1ccc(CS(=O)(=O)c2ccccc2F)cc1. The molecule has 0 unspecified atom stereocenters. The Kier molecular flexibility index (Phi) is 3.85. The van der Waals surface area contributed by atoms with E-state index in [4.69, 9.17) is 5.11 Å². The molecule has 0 amide bonds. The van der Waals surface area contributed by atoms with Crippen LogP contribution in [0.2, 0.25) is 0 Å². The normalized spacial score (nSPS) is 11.2. The number of sulfone groups is 1. The molecule has 0 saturated carbocycles. The second kappa shape index (κ2) is 5.42. The van der Waals surface area contributed by atoms with Crippen molar-refractivity contribution in [2.75, 3.05) is 0 Å². The zero-order valence-electron chi connectivity index (χ0n) is 10.3. The Hall–Kier alpha value is -2.21. The lowest BCUT2D eigenvalue weighted by atomic mass is 10.1. The molecule has 2 rings (SSSR count). The first-order chi connectivity index (χ1) is 9.40. The van der Waals surface area contributed by atoms with Crippen LogP contribution in [-0.2, 0) is 15.6 Å². The molecule has 0 aliphatic carbocycles. The highest BCUT2D eigenvalue weighted by Crippen LogP contribution is 2.19. The Labute approximate surface area is 115 Å². The summed E-state index contributed by atoms with van der Waals surface area (Å²) in [6.07, 6.45) is 0. The molecule has 20 heavy (non-hydrogen) atoms. The first-order valence-corrected chi connectivity index (χ1v) is 7.35. The molecule has 0 spiro atoms. The van der Waals surface area contributed by atoms with Gasteiger partial charge in [-0.1, -0.05) is 24.3 Å². The maximum Gasteiger partial charge on any atom is 0.335 e. The molecule has 0 radical (unpaired) electrons. The lowest BCUT2D eigenvalue weighted by molar-refractivity contribution is 0.0697. The third kappa shape index (κ3) is 3.03. The maximum absolute atomic E-state index is 13.5. The number of hydrogen-bond acceptors (Lipinski definition) is 3. The number of aromatic carboxylic acids is 1.